The van der Waals surface area contributed by atoms with Gasteiger partial charge in [-0.3, -0.25) is 0 Å². The molecule has 1 saturated heterocycles. The van der Waals surface area contributed by atoms with Crippen LogP contribution in [-0.2, 0) is 0 Å². The first-order chi connectivity index (χ1) is 4.43. The maximum atomic E-state index is 5.41. The van der Waals surface area contributed by atoms with Gasteiger partial charge in [0.2, 0.25) is 0 Å². The summed E-state index contributed by atoms with van der Waals surface area (Å²) in [6, 6.07) is 0. The molecule has 0 aromatic heterocycles. The molecule has 1 aliphatic rings. The molecule has 0 unspecified atom stereocenters. The zero-order valence-corrected chi connectivity index (χ0v) is 5.84. The summed E-state index contributed by atoms with van der Waals surface area (Å²) in [5, 5.41) is 0. The number of hydrogen-bond donors (Lipinski definition) is 1. The van der Waals surface area contributed by atoms with Crippen molar-refractivity contribution in [3.63, 3.8) is 0 Å². The van der Waals surface area contributed by atoms with Gasteiger partial charge in [0.05, 0.1) is 0 Å². The third kappa shape index (κ3) is 2.33. The summed E-state index contributed by atoms with van der Waals surface area (Å²) >= 11 is 0. The molecule has 1 aliphatic heterocycles. The second kappa shape index (κ2) is 3.85. The van der Waals surface area contributed by atoms with Gasteiger partial charge in [-0.15, -0.1) is 0 Å². The SMILES string of the molecule is NCCN1CC[CH]CC1. The first kappa shape index (κ1) is 7.03. The van der Waals surface area contributed by atoms with Crippen molar-refractivity contribution in [1.29, 1.82) is 0 Å². The van der Waals surface area contributed by atoms with Crippen molar-refractivity contribution in [1.82, 2.24) is 4.90 Å². The first-order valence-corrected chi connectivity index (χ1v) is 3.67. The van der Waals surface area contributed by atoms with Crippen LogP contribution in [0.5, 0.6) is 0 Å². The van der Waals surface area contributed by atoms with Gasteiger partial charge in [0, 0.05) is 13.1 Å². The zero-order valence-electron chi connectivity index (χ0n) is 5.84. The average molecular weight is 127 g/mol. The van der Waals surface area contributed by atoms with Gasteiger partial charge in [0.1, 0.15) is 0 Å². The third-order valence-electron chi connectivity index (χ3n) is 1.74. The fourth-order valence-electron chi connectivity index (χ4n) is 1.21. The quantitative estimate of drug-likeness (QED) is 0.576. The van der Waals surface area contributed by atoms with Crippen LogP contribution in [0.25, 0.3) is 0 Å². The molecule has 1 rings (SSSR count). The molecule has 0 bridgehead atoms. The highest BCUT2D eigenvalue weighted by molar-refractivity contribution is 4.76. The van der Waals surface area contributed by atoms with Crippen LogP contribution in [0.1, 0.15) is 12.8 Å². The molecule has 1 heterocycles. The van der Waals surface area contributed by atoms with Crippen LogP contribution in [0.15, 0.2) is 0 Å². The molecule has 2 nitrogen and oxygen atoms in total. The lowest BCUT2D eigenvalue weighted by molar-refractivity contribution is 0.261. The summed E-state index contributed by atoms with van der Waals surface area (Å²) in [6.45, 7) is 4.32. The Morgan fingerprint density at radius 3 is 2.56 bits per heavy atom. The normalized spacial score (nSPS) is 22.3. The molecule has 0 spiro atoms. The van der Waals surface area contributed by atoms with Crippen LogP contribution in [0.2, 0.25) is 0 Å². The molecule has 0 atom stereocenters. The Morgan fingerprint density at radius 1 is 1.33 bits per heavy atom. The van der Waals surface area contributed by atoms with Crippen molar-refractivity contribution in [2.24, 2.45) is 5.73 Å². The van der Waals surface area contributed by atoms with E-state index in [-0.39, 0.29) is 0 Å². The summed E-state index contributed by atoms with van der Waals surface area (Å²) < 4.78 is 0. The van der Waals surface area contributed by atoms with E-state index < -0.39 is 0 Å². The smallest absolute Gasteiger partial charge is 0.0105 e. The first-order valence-electron chi connectivity index (χ1n) is 3.67. The van der Waals surface area contributed by atoms with Gasteiger partial charge in [-0.05, 0) is 32.4 Å². The van der Waals surface area contributed by atoms with E-state index in [1.165, 1.54) is 25.9 Å². The van der Waals surface area contributed by atoms with Crippen molar-refractivity contribution in [2.45, 2.75) is 12.8 Å². The van der Waals surface area contributed by atoms with Crippen molar-refractivity contribution < 1.29 is 0 Å². The van der Waals surface area contributed by atoms with E-state index in [4.69, 9.17) is 5.73 Å². The maximum absolute atomic E-state index is 5.41. The van der Waals surface area contributed by atoms with Gasteiger partial charge in [-0.25, -0.2) is 0 Å². The van der Waals surface area contributed by atoms with E-state index in [2.05, 4.69) is 11.3 Å². The molecule has 0 aromatic rings. The Labute approximate surface area is 57.0 Å². The van der Waals surface area contributed by atoms with Crippen molar-refractivity contribution in [2.75, 3.05) is 26.2 Å². The molecule has 0 aliphatic carbocycles. The predicted octanol–water partition coefficient (Wildman–Crippen LogP) is 0.245. The number of hydrogen-bond acceptors (Lipinski definition) is 2. The molecule has 53 valence electrons. The highest BCUT2D eigenvalue weighted by Crippen LogP contribution is 2.05. The van der Waals surface area contributed by atoms with Crippen molar-refractivity contribution in [3.05, 3.63) is 6.42 Å². The summed E-state index contributed by atoms with van der Waals surface area (Å²) in [7, 11) is 0. The van der Waals surface area contributed by atoms with Crippen LogP contribution < -0.4 is 5.73 Å². The van der Waals surface area contributed by atoms with Crippen LogP contribution in [0, 0.1) is 6.42 Å². The van der Waals surface area contributed by atoms with Crippen LogP contribution in [0.3, 0.4) is 0 Å². The molecule has 2 N–H and O–H groups in total. The van der Waals surface area contributed by atoms with E-state index in [0.717, 1.165) is 13.1 Å². The van der Waals surface area contributed by atoms with E-state index in [9.17, 15) is 0 Å². The Morgan fingerprint density at radius 2 is 2.00 bits per heavy atom. The molecular weight excluding hydrogens is 112 g/mol. The highest BCUT2D eigenvalue weighted by Gasteiger charge is 2.07. The fraction of sp³-hybridized carbons (Fsp3) is 0.857. The Balaban J connectivity index is 2.08. The molecule has 0 saturated carbocycles. The Kier molecular flexibility index (Phi) is 3.01. The topological polar surface area (TPSA) is 29.3 Å². The van der Waals surface area contributed by atoms with Gasteiger partial charge in [-0.2, -0.15) is 0 Å². The number of piperidine rings is 1. The number of rotatable bonds is 2. The van der Waals surface area contributed by atoms with Gasteiger partial charge in [0.15, 0.2) is 0 Å². The number of likely N-dealkylation sites (tertiary alicyclic amines) is 1. The lowest BCUT2D eigenvalue weighted by Crippen LogP contribution is -2.34. The lowest BCUT2D eigenvalue weighted by Gasteiger charge is -2.25. The standard InChI is InChI=1S/C7H15N2/c8-4-7-9-5-2-1-3-6-9/h1H,2-8H2. The fourth-order valence-corrected chi connectivity index (χ4v) is 1.21. The largest absolute Gasteiger partial charge is 0.329 e. The average Bonchev–Trinajstić information content (AvgIpc) is 1.91. The predicted molar refractivity (Wildman–Crippen MR) is 39.0 cm³/mol. The van der Waals surface area contributed by atoms with Gasteiger partial charge >= 0.3 is 0 Å². The van der Waals surface area contributed by atoms with E-state index in [1.54, 1.807) is 0 Å². The minimum atomic E-state index is 0.806. The van der Waals surface area contributed by atoms with E-state index >= 15 is 0 Å². The molecule has 1 radical (unpaired) electrons. The van der Waals surface area contributed by atoms with Crippen LogP contribution in [-0.4, -0.2) is 31.1 Å². The summed E-state index contributed by atoms with van der Waals surface area (Å²) in [5.74, 6) is 0. The zero-order chi connectivity index (χ0) is 6.53. The molecule has 1 fully saturated rings. The molecular formula is C7H15N2. The van der Waals surface area contributed by atoms with Gasteiger partial charge < -0.3 is 10.6 Å². The summed E-state index contributed by atoms with van der Waals surface area (Å²) in [4.78, 5) is 2.42. The molecule has 2 heteroatoms. The summed E-state index contributed by atoms with van der Waals surface area (Å²) in [6.07, 6.45) is 4.85. The number of nitrogens with zero attached hydrogens (tertiary/aromatic N) is 1. The lowest BCUT2D eigenvalue weighted by atomic mass is 10.1. The Hall–Kier alpha value is -0.0800. The monoisotopic (exact) mass is 127 g/mol. The van der Waals surface area contributed by atoms with Crippen molar-refractivity contribution >= 4 is 0 Å². The second-order valence-electron chi connectivity index (χ2n) is 2.50. The van der Waals surface area contributed by atoms with E-state index in [0.29, 0.717) is 0 Å². The Bertz CT molecular complexity index is 64.6. The maximum Gasteiger partial charge on any atom is 0.0105 e. The van der Waals surface area contributed by atoms with Crippen LogP contribution >= 0.6 is 0 Å². The second-order valence-corrected chi connectivity index (χ2v) is 2.50. The minimum absolute atomic E-state index is 0.806. The summed E-state index contributed by atoms with van der Waals surface area (Å²) in [5.41, 5.74) is 5.41. The minimum Gasteiger partial charge on any atom is -0.329 e. The molecule has 0 aromatic carbocycles. The molecule has 0 amide bonds. The van der Waals surface area contributed by atoms with E-state index in [1.807, 2.05) is 0 Å². The van der Waals surface area contributed by atoms with Crippen LogP contribution in [0.4, 0.5) is 0 Å². The van der Waals surface area contributed by atoms with Crippen molar-refractivity contribution in [3.8, 4) is 0 Å². The van der Waals surface area contributed by atoms with Gasteiger partial charge in [0.25, 0.3) is 0 Å². The molecule has 9 heavy (non-hydrogen) atoms. The third-order valence-corrected chi connectivity index (χ3v) is 1.74. The van der Waals surface area contributed by atoms with Gasteiger partial charge in [-0.1, -0.05) is 0 Å². The highest BCUT2D eigenvalue weighted by atomic mass is 15.1. The number of nitrogens with two attached hydrogens (primary N) is 1.